The molecule has 0 saturated carbocycles. The smallest absolute Gasteiger partial charge is 0.258 e. The number of nitrogens with zero attached hydrogens (tertiary/aromatic N) is 1. The van der Waals surface area contributed by atoms with Crippen LogP contribution >= 0.6 is 0 Å². The van der Waals surface area contributed by atoms with Crippen molar-refractivity contribution in [1.82, 2.24) is 10.2 Å². The van der Waals surface area contributed by atoms with Crippen LogP contribution < -0.4 is 14.8 Å². The van der Waals surface area contributed by atoms with Gasteiger partial charge in [0.15, 0.2) is 0 Å². The highest BCUT2D eigenvalue weighted by Gasteiger charge is 2.21. The summed E-state index contributed by atoms with van der Waals surface area (Å²) >= 11 is 0. The Labute approximate surface area is 157 Å². The highest BCUT2D eigenvalue weighted by Crippen LogP contribution is 2.25. The monoisotopic (exact) mass is 374 g/mol. The van der Waals surface area contributed by atoms with Gasteiger partial charge in [0.1, 0.15) is 17.3 Å². The largest absolute Gasteiger partial charge is 0.497 e. The molecule has 0 unspecified atom stereocenters. The van der Waals surface area contributed by atoms with Crippen LogP contribution in [0.25, 0.3) is 0 Å². The maximum atomic E-state index is 12.9. The van der Waals surface area contributed by atoms with Crippen molar-refractivity contribution >= 4 is 11.8 Å². The summed E-state index contributed by atoms with van der Waals surface area (Å²) in [6, 6.07) is 10.8. The van der Waals surface area contributed by atoms with Crippen molar-refractivity contribution in [3.05, 3.63) is 59.4 Å². The van der Waals surface area contributed by atoms with Crippen molar-refractivity contribution < 1.29 is 23.5 Å². The lowest BCUT2D eigenvalue weighted by molar-refractivity contribution is -0.121. The van der Waals surface area contributed by atoms with Gasteiger partial charge in [-0.15, -0.1) is 0 Å². The number of rotatable bonds is 8. The number of ether oxygens (including phenoxy) is 2. The summed E-state index contributed by atoms with van der Waals surface area (Å²) in [6.07, 6.45) is 0. The molecule has 7 heteroatoms. The lowest BCUT2D eigenvalue weighted by Gasteiger charge is -2.21. The average molecular weight is 374 g/mol. The van der Waals surface area contributed by atoms with Gasteiger partial charge < -0.3 is 19.7 Å². The van der Waals surface area contributed by atoms with E-state index in [9.17, 15) is 14.0 Å². The van der Waals surface area contributed by atoms with Crippen LogP contribution in [0, 0.1) is 5.82 Å². The number of halogens is 1. The molecule has 0 atom stereocenters. The molecule has 0 saturated heterocycles. The van der Waals surface area contributed by atoms with Gasteiger partial charge in [0.2, 0.25) is 5.91 Å². The third-order valence-corrected chi connectivity index (χ3v) is 4.05. The van der Waals surface area contributed by atoms with Crippen LogP contribution in [0.3, 0.4) is 0 Å². The third kappa shape index (κ3) is 5.44. The molecule has 2 rings (SSSR count). The molecule has 0 aliphatic carbocycles. The average Bonchev–Trinajstić information content (AvgIpc) is 2.70. The Hall–Kier alpha value is -3.09. The number of nitrogens with one attached hydrogen (secondary N) is 1. The zero-order valence-corrected chi connectivity index (χ0v) is 15.6. The first-order chi connectivity index (χ1) is 13.0. The van der Waals surface area contributed by atoms with E-state index in [0.29, 0.717) is 23.6 Å². The zero-order valence-electron chi connectivity index (χ0n) is 15.6. The first kappa shape index (κ1) is 20.2. The van der Waals surface area contributed by atoms with Crippen molar-refractivity contribution in [1.29, 1.82) is 0 Å². The van der Waals surface area contributed by atoms with Crippen LogP contribution in [0.2, 0.25) is 0 Å². The molecule has 1 N–H and O–H groups in total. The van der Waals surface area contributed by atoms with Crippen molar-refractivity contribution in [2.75, 3.05) is 27.3 Å². The number of carbonyl (C=O) groups is 2. The van der Waals surface area contributed by atoms with Crippen LogP contribution in [0.1, 0.15) is 22.8 Å². The van der Waals surface area contributed by atoms with E-state index in [2.05, 4.69) is 5.32 Å². The summed E-state index contributed by atoms with van der Waals surface area (Å²) in [6.45, 7) is 2.32. The Morgan fingerprint density at radius 3 is 2.37 bits per heavy atom. The molecule has 0 spiro atoms. The van der Waals surface area contributed by atoms with Crippen LogP contribution in [0.4, 0.5) is 4.39 Å². The molecular formula is C20H23FN2O4. The molecule has 2 amide bonds. The van der Waals surface area contributed by atoms with Crippen molar-refractivity contribution in [3.8, 4) is 11.5 Å². The fourth-order valence-electron chi connectivity index (χ4n) is 2.50. The van der Waals surface area contributed by atoms with Crippen LogP contribution in [-0.4, -0.2) is 44.0 Å². The van der Waals surface area contributed by atoms with Crippen molar-refractivity contribution in [2.45, 2.75) is 13.5 Å². The van der Waals surface area contributed by atoms with Gasteiger partial charge in [-0.05, 0) is 36.8 Å². The highest BCUT2D eigenvalue weighted by atomic mass is 19.1. The number of methoxy groups -OCH3 is 2. The van der Waals surface area contributed by atoms with E-state index in [4.69, 9.17) is 9.47 Å². The van der Waals surface area contributed by atoms with Crippen LogP contribution in [-0.2, 0) is 11.3 Å². The molecule has 0 aliphatic rings. The summed E-state index contributed by atoms with van der Waals surface area (Å²) < 4.78 is 23.3. The summed E-state index contributed by atoms with van der Waals surface area (Å²) in [7, 11) is 3.00. The van der Waals surface area contributed by atoms with Crippen LogP contribution in [0.5, 0.6) is 11.5 Å². The molecule has 2 aromatic carbocycles. The van der Waals surface area contributed by atoms with Gasteiger partial charge in [0, 0.05) is 19.2 Å². The maximum absolute atomic E-state index is 12.9. The Balaban J connectivity index is 2.02. The van der Waals surface area contributed by atoms with Crippen molar-refractivity contribution in [2.24, 2.45) is 0 Å². The molecule has 0 radical (unpaired) electrons. The first-order valence-corrected chi connectivity index (χ1v) is 8.51. The van der Waals surface area contributed by atoms with E-state index in [0.717, 1.165) is 5.56 Å². The lowest BCUT2D eigenvalue weighted by atomic mass is 10.1. The molecule has 0 aliphatic heterocycles. The number of likely N-dealkylation sites (N-methyl/N-ethyl adjacent to an activating group) is 1. The highest BCUT2D eigenvalue weighted by molar-refractivity contribution is 5.99. The van der Waals surface area contributed by atoms with E-state index in [1.807, 2.05) is 0 Å². The SMILES string of the molecule is CCN(CC(=O)NCc1ccc(F)cc1)C(=O)c1ccc(OC)cc1OC. The minimum absolute atomic E-state index is 0.0916. The second-order valence-electron chi connectivity index (χ2n) is 5.79. The minimum atomic E-state index is -0.332. The van der Waals surface area contributed by atoms with Gasteiger partial charge in [-0.2, -0.15) is 0 Å². The van der Waals surface area contributed by atoms with E-state index in [-0.39, 0.29) is 30.7 Å². The maximum Gasteiger partial charge on any atom is 0.258 e. The fourth-order valence-corrected chi connectivity index (χ4v) is 2.50. The first-order valence-electron chi connectivity index (χ1n) is 8.51. The molecule has 0 fully saturated rings. The second kappa shape index (κ2) is 9.56. The summed E-state index contributed by atoms with van der Waals surface area (Å²) in [5, 5.41) is 2.73. The van der Waals surface area contributed by atoms with E-state index >= 15 is 0 Å². The van der Waals surface area contributed by atoms with Gasteiger partial charge >= 0.3 is 0 Å². The normalized spacial score (nSPS) is 10.2. The molecular weight excluding hydrogens is 351 g/mol. The van der Waals surface area contributed by atoms with Gasteiger partial charge in [-0.1, -0.05) is 12.1 Å². The Morgan fingerprint density at radius 1 is 1.07 bits per heavy atom. The van der Waals surface area contributed by atoms with E-state index < -0.39 is 0 Å². The van der Waals surface area contributed by atoms with E-state index in [1.54, 1.807) is 37.3 Å². The molecule has 27 heavy (non-hydrogen) atoms. The van der Waals surface area contributed by atoms with E-state index in [1.165, 1.54) is 31.3 Å². The molecule has 0 heterocycles. The second-order valence-corrected chi connectivity index (χ2v) is 5.79. The number of carbonyl (C=O) groups excluding carboxylic acids is 2. The predicted molar refractivity (Wildman–Crippen MR) is 99.4 cm³/mol. The Morgan fingerprint density at radius 2 is 1.78 bits per heavy atom. The van der Waals surface area contributed by atoms with Crippen LogP contribution in [0.15, 0.2) is 42.5 Å². The molecule has 144 valence electrons. The third-order valence-electron chi connectivity index (χ3n) is 4.05. The number of amides is 2. The Bertz CT molecular complexity index is 793. The van der Waals surface area contributed by atoms with Gasteiger partial charge in [-0.3, -0.25) is 9.59 Å². The van der Waals surface area contributed by atoms with Gasteiger partial charge in [0.25, 0.3) is 5.91 Å². The quantitative estimate of drug-likeness (QED) is 0.771. The van der Waals surface area contributed by atoms with Gasteiger partial charge in [0.05, 0.1) is 26.3 Å². The molecule has 0 aromatic heterocycles. The minimum Gasteiger partial charge on any atom is -0.497 e. The molecule has 2 aromatic rings. The summed E-state index contributed by atoms with van der Waals surface area (Å²) in [5.41, 5.74) is 1.13. The number of hydrogen-bond acceptors (Lipinski definition) is 4. The summed E-state index contributed by atoms with van der Waals surface area (Å²) in [4.78, 5) is 26.4. The fraction of sp³-hybridized carbons (Fsp3) is 0.300. The predicted octanol–water partition coefficient (Wildman–Crippen LogP) is 2.62. The zero-order chi connectivity index (χ0) is 19.8. The lowest BCUT2D eigenvalue weighted by Crippen LogP contribution is -2.40. The number of benzene rings is 2. The van der Waals surface area contributed by atoms with Gasteiger partial charge in [-0.25, -0.2) is 4.39 Å². The standard InChI is InChI=1S/C20H23FN2O4/c1-4-23(13-19(24)22-12-14-5-7-15(21)8-6-14)20(25)17-10-9-16(26-2)11-18(17)27-3/h5-11H,4,12-13H2,1-3H3,(H,22,24). The molecule has 6 nitrogen and oxygen atoms in total. The Kier molecular flexibility index (Phi) is 7.16. The summed E-state index contributed by atoms with van der Waals surface area (Å²) in [5.74, 6) is 0.00483. The molecule has 0 bridgehead atoms. The van der Waals surface area contributed by atoms with Crippen molar-refractivity contribution in [3.63, 3.8) is 0 Å². The topological polar surface area (TPSA) is 67.9 Å². The number of hydrogen-bond donors (Lipinski definition) is 1.